The summed E-state index contributed by atoms with van der Waals surface area (Å²) in [4.78, 5) is 1.38. The first-order chi connectivity index (χ1) is 9.29. The molecule has 0 radical (unpaired) electrons. The lowest BCUT2D eigenvalue weighted by molar-refractivity contribution is 0.411. The molecule has 1 nitrogen and oxygen atoms in total. The molecule has 3 aromatic rings. The van der Waals surface area contributed by atoms with E-state index in [2.05, 4.69) is 54.8 Å². The van der Waals surface area contributed by atoms with Gasteiger partial charge >= 0.3 is 0 Å². The molecule has 0 amide bonds. The van der Waals surface area contributed by atoms with E-state index in [4.69, 9.17) is 4.74 Å². The Hall–Kier alpha value is -1.80. The van der Waals surface area contributed by atoms with E-state index in [1.807, 2.05) is 0 Å². The molecule has 3 rings (SSSR count). The minimum Gasteiger partial charge on any atom is -0.496 e. The van der Waals surface area contributed by atoms with Crippen LogP contribution in [-0.2, 0) is 6.42 Å². The van der Waals surface area contributed by atoms with E-state index in [-0.39, 0.29) is 0 Å². The van der Waals surface area contributed by atoms with E-state index in [9.17, 15) is 0 Å². The van der Waals surface area contributed by atoms with Gasteiger partial charge in [-0.25, -0.2) is 0 Å². The average Bonchev–Trinajstić information content (AvgIpc) is 2.85. The summed E-state index contributed by atoms with van der Waals surface area (Å²) in [6, 6.07) is 14.9. The maximum absolute atomic E-state index is 5.55. The molecule has 2 heteroatoms. The number of hydrogen-bond acceptors (Lipinski definition) is 2. The predicted octanol–water partition coefficient (Wildman–Crippen LogP) is 4.81. The Morgan fingerprint density at radius 2 is 1.89 bits per heavy atom. The van der Waals surface area contributed by atoms with E-state index in [0.29, 0.717) is 0 Å². The fourth-order valence-electron chi connectivity index (χ4n) is 2.47. The van der Waals surface area contributed by atoms with Crippen LogP contribution in [0, 0.1) is 6.92 Å². The number of thiophene rings is 1. The van der Waals surface area contributed by atoms with Crippen molar-refractivity contribution in [2.45, 2.75) is 13.3 Å². The lowest BCUT2D eigenvalue weighted by Gasteiger charge is -2.12. The van der Waals surface area contributed by atoms with Gasteiger partial charge < -0.3 is 4.74 Å². The predicted molar refractivity (Wildman–Crippen MR) is 82.4 cm³/mol. The van der Waals surface area contributed by atoms with E-state index >= 15 is 0 Å². The van der Waals surface area contributed by atoms with Crippen molar-refractivity contribution in [1.82, 2.24) is 0 Å². The van der Waals surface area contributed by atoms with Gasteiger partial charge in [0.05, 0.1) is 7.11 Å². The molecule has 0 aliphatic rings. The van der Waals surface area contributed by atoms with Crippen molar-refractivity contribution in [3.05, 3.63) is 63.8 Å². The van der Waals surface area contributed by atoms with Gasteiger partial charge in [0, 0.05) is 16.9 Å². The summed E-state index contributed by atoms with van der Waals surface area (Å²) < 4.78 is 5.55. The average molecular weight is 268 g/mol. The van der Waals surface area contributed by atoms with E-state index in [1.54, 1.807) is 18.4 Å². The largest absolute Gasteiger partial charge is 0.496 e. The third-order valence-electron chi connectivity index (χ3n) is 3.55. The summed E-state index contributed by atoms with van der Waals surface area (Å²) in [5.41, 5.74) is 2.67. The second-order valence-corrected chi connectivity index (χ2v) is 5.77. The number of aryl methyl sites for hydroxylation is 1. The molecule has 0 aliphatic heterocycles. The first kappa shape index (κ1) is 12.2. The molecule has 0 atom stereocenters. The van der Waals surface area contributed by atoms with Crippen LogP contribution in [0.25, 0.3) is 10.8 Å². The lowest BCUT2D eigenvalue weighted by atomic mass is 9.98. The van der Waals surface area contributed by atoms with Crippen LogP contribution in [0.2, 0.25) is 0 Å². The Morgan fingerprint density at radius 1 is 1.05 bits per heavy atom. The van der Waals surface area contributed by atoms with Gasteiger partial charge in [-0.2, -0.15) is 0 Å². The summed E-state index contributed by atoms with van der Waals surface area (Å²) in [5, 5.41) is 4.71. The van der Waals surface area contributed by atoms with Crippen molar-refractivity contribution in [1.29, 1.82) is 0 Å². The van der Waals surface area contributed by atoms with Gasteiger partial charge in [0.2, 0.25) is 0 Å². The Labute approximate surface area is 117 Å². The Balaban J connectivity index is 2.17. The number of rotatable bonds is 3. The van der Waals surface area contributed by atoms with Gasteiger partial charge in [0.15, 0.2) is 0 Å². The molecule has 0 N–H and O–H groups in total. The Bertz CT molecular complexity index is 712. The minimum atomic E-state index is 0.930. The van der Waals surface area contributed by atoms with Gasteiger partial charge in [-0.15, -0.1) is 11.3 Å². The number of hydrogen-bond donors (Lipinski definition) is 0. The zero-order valence-electron chi connectivity index (χ0n) is 11.1. The van der Waals surface area contributed by atoms with Gasteiger partial charge in [0.25, 0.3) is 0 Å². The van der Waals surface area contributed by atoms with Crippen molar-refractivity contribution < 1.29 is 4.74 Å². The van der Waals surface area contributed by atoms with Crippen molar-refractivity contribution >= 4 is 22.1 Å². The van der Waals surface area contributed by atoms with Gasteiger partial charge in [0.1, 0.15) is 5.75 Å². The van der Waals surface area contributed by atoms with Gasteiger partial charge in [-0.1, -0.05) is 30.3 Å². The summed E-state index contributed by atoms with van der Waals surface area (Å²) >= 11 is 1.80. The van der Waals surface area contributed by atoms with Crippen LogP contribution in [0.3, 0.4) is 0 Å². The Morgan fingerprint density at radius 3 is 2.63 bits per heavy atom. The fourth-order valence-corrected chi connectivity index (χ4v) is 3.20. The molecule has 19 heavy (non-hydrogen) atoms. The summed E-state index contributed by atoms with van der Waals surface area (Å²) in [6.45, 7) is 2.18. The summed E-state index contributed by atoms with van der Waals surface area (Å²) in [6.07, 6.45) is 0.930. The maximum Gasteiger partial charge on any atom is 0.123 e. The molecule has 1 aromatic heterocycles. The topological polar surface area (TPSA) is 9.23 Å². The second-order valence-electron chi connectivity index (χ2n) is 4.65. The smallest absolute Gasteiger partial charge is 0.123 e. The number of fused-ring (bicyclic) bond motifs is 1. The highest BCUT2D eigenvalue weighted by atomic mass is 32.1. The van der Waals surface area contributed by atoms with Crippen LogP contribution >= 0.6 is 11.3 Å². The minimum absolute atomic E-state index is 0.930. The van der Waals surface area contributed by atoms with Gasteiger partial charge in [-0.05, 0) is 40.8 Å². The molecule has 96 valence electrons. The molecule has 1 heterocycles. The van der Waals surface area contributed by atoms with E-state index in [1.165, 1.54) is 26.8 Å². The third kappa shape index (κ3) is 2.24. The van der Waals surface area contributed by atoms with Crippen LogP contribution in [0.15, 0.2) is 47.8 Å². The SMILES string of the molecule is COc1ccc2ccccc2c1Cc1ccsc1C. The first-order valence-corrected chi connectivity index (χ1v) is 7.25. The molecule has 0 bridgehead atoms. The van der Waals surface area contributed by atoms with Crippen LogP contribution in [0.1, 0.15) is 16.0 Å². The Kier molecular flexibility index (Phi) is 3.26. The van der Waals surface area contributed by atoms with E-state index in [0.717, 1.165) is 12.2 Å². The lowest BCUT2D eigenvalue weighted by Crippen LogP contribution is -1.95. The van der Waals surface area contributed by atoms with E-state index < -0.39 is 0 Å². The highest BCUT2D eigenvalue weighted by molar-refractivity contribution is 7.10. The summed E-state index contributed by atoms with van der Waals surface area (Å²) in [7, 11) is 1.74. The molecule has 0 spiro atoms. The molecular formula is C17H16OS. The molecule has 0 saturated carbocycles. The number of methoxy groups -OCH3 is 1. The van der Waals surface area contributed by atoms with Crippen molar-refractivity contribution in [2.24, 2.45) is 0 Å². The third-order valence-corrected chi connectivity index (χ3v) is 4.44. The monoisotopic (exact) mass is 268 g/mol. The molecular weight excluding hydrogens is 252 g/mol. The number of ether oxygens (including phenoxy) is 1. The summed E-state index contributed by atoms with van der Waals surface area (Å²) in [5.74, 6) is 0.976. The highest BCUT2D eigenvalue weighted by Gasteiger charge is 2.10. The molecule has 0 unspecified atom stereocenters. The van der Waals surface area contributed by atoms with Crippen molar-refractivity contribution in [3.63, 3.8) is 0 Å². The van der Waals surface area contributed by atoms with Crippen molar-refractivity contribution in [2.75, 3.05) is 7.11 Å². The van der Waals surface area contributed by atoms with Crippen LogP contribution in [-0.4, -0.2) is 7.11 Å². The number of benzene rings is 2. The first-order valence-electron chi connectivity index (χ1n) is 6.37. The van der Waals surface area contributed by atoms with Gasteiger partial charge in [-0.3, -0.25) is 0 Å². The van der Waals surface area contributed by atoms with Crippen LogP contribution < -0.4 is 4.74 Å². The standard InChI is InChI=1S/C17H16OS/c1-12-14(9-10-19-12)11-16-15-6-4-3-5-13(15)7-8-17(16)18-2/h3-10H,11H2,1-2H3. The zero-order valence-corrected chi connectivity index (χ0v) is 12.0. The van der Waals surface area contributed by atoms with Crippen LogP contribution in [0.5, 0.6) is 5.75 Å². The normalized spacial score (nSPS) is 10.8. The molecule has 0 aliphatic carbocycles. The second kappa shape index (κ2) is 5.06. The van der Waals surface area contributed by atoms with Crippen LogP contribution in [0.4, 0.5) is 0 Å². The zero-order chi connectivity index (χ0) is 13.2. The quantitative estimate of drug-likeness (QED) is 0.662. The molecule has 0 saturated heterocycles. The van der Waals surface area contributed by atoms with Crippen molar-refractivity contribution in [3.8, 4) is 5.75 Å². The highest BCUT2D eigenvalue weighted by Crippen LogP contribution is 2.31. The fraction of sp³-hybridized carbons (Fsp3) is 0.176. The maximum atomic E-state index is 5.55. The molecule has 2 aromatic carbocycles. The molecule has 0 fully saturated rings.